The zero-order valence-electron chi connectivity index (χ0n) is 18.9. The summed E-state index contributed by atoms with van der Waals surface area (Å²) in [5.74, 6) is 0. The number of hydrogen-bond donors (Lipinski definition) is 3. The molecule has 0 aromatic heterocycles. The van der Waals surface area contributed by atoms with Gasteiger partial charge in [-0.05, 0) is 0 Å². The van der Waals surface area contributed by atoms with E-state index < -0.39 is 7.60 Å². The quantitative estimate of drug-likeness (QED) is 0.0990. The lowest BCUT2D eigenvalue weighted by atomic mass is 10.3. The number of aliphatic hydroxyl groups excluding tert-OH is 2. The Balaban J connectivity index is 4.93. The minimum absolute atomic E-state index is 0.000426. The van der Waals surface area contributed by atoms with Crippen LogP contribution in [0.2, 0.25) is 0 Å². The molecule has 0 radical (unpaired) electrons. The zero-order chi connectivity index (χ0) is 24.3. The molecule has 0 bridgehead atoms. The van der Waals surface area contributed by atoms with Crippen LogP contribution in [0.5, 0.6) is 0 Å². The third-order valence-electron chi connectivity index (χ3n) is 5.53. The van der Waals surface area contributed by atoms with Crippen molar-refractivity contribution in [3.05, 3.63) is 14.7 Å². The summed E-state index contributed by atoms with van der Waals surface area (Å²) in [4.78, 5) is 31.8. The van der Waals surface area contributed by atoms with E-state index in [4.69, 9.17) is 14.8 Å². The molecular formula is C17H39N6O8P+2. The third-order valence-corrected chi connectivity index (χ3v) is 6.84. The standard InChI is InChI=1S/C17H39N6O8P/c1-32(29,30-16-12-22(6-2-18,10-14-24)11-15-25)31-17-13-23(7-3-19-26,8-4-20-27)9-5-21-28/h24-25H,2-18H2,1H3/q+2. The highest BCUT2D eigenvalue weighted by molar-refractivity contribution is 7.52. The zero-order valence-corrected chi connectivity index (χ0v) is 19.8. The van der Waals surface area contributed by atoms with E-state index in [0.29, 0.717) is 37.2 Å². The van der Waals surface area contributed by atoms with E-state index in [2.05, 4.69) is 15.5 Å². The summed E-state index contributed by atoms with van der Waals surface area (Å²) in [6.45, 7) is 4.33. The van der Waals surface area contributed by atoms with E-state index in [0.717, 1.165) is 0 Å². The molecule has 0 aliphatic heterocycles. The van der Waals surface area contributed by atoms with Crippen molar-refractivity contribution in [2.45, 2.75) is 0 Å². The molecule has 1 atom stereocenters. The van der Waals surface area contributed by atoms with Gasteiger partial charge in [0, 0.05) is 13.2 Å². The largest absolute Gasteiger partial charge is 0.391 e. The van der Waals surface area contributed by atoms with E-state index in [9.17, 15) is 29.5 Å². The molecule has 4 N–H and O–H groups in total. The third kappa shape index (κ3) is 12.7. The molecular weight excluding hydrogens is 447 g/mol. The summed E-state index contributed by atoms with van der Waals surface area (Å²) < 4.78 is 24.2. The van der Waals surface area contributed by atoms with Gasteiger partial charge < -0.3 is 34.0 Å². The molecule has 0 spiro atoms. The molecule has 188 valence electrons. The van der Waals surface area contributed by atoms with Gasteiger partial charge in [0.2, 0.25) is 0 Å². The van der Waals surface area contributed by atoms with E-state index >= 15 is 0 Å². The monoisotopic (exact) mass is 486 g/mol. The van der Waals surface area contributed by atoms with Crippen LogP contribution < -0.4 is 5.73 Å². The predicted octanol–water partition coefficient (Wildman–Crippen LogP) is -0.281. The van der Waals surface area contributed by atoms with Gasteiger partial charge in [0.25, 0.3) is 0 Å². The van der Waals surface area contributed by atoms with Crippen molar-refractivity contribution >= 4 is 7.60 Å². The second kappa shape index (κ2) is 17.3. The smallest absolute Gasteiger partial charge is 0.328 e. The summed E-state index contributed by atoms with van der Waals surface area (Å²) in [5.41, 5.74) is 5.66. The number of hydrogen-bond acceptors (Lipinski definition) is 12. The summed E-state index contributed by atoms with van der Waals surface area (Å²) >= 11 is 0. The molecule has 0 aliphatic carbocycles. The van der Waals surface area contributed by atoms with Crippen molar-refractivity contribution in [1.82, 2.24) is 0 Å². The fourth-order valence-electron chi connectivity index (χ4n) is 3.64. The Hall–Kier alpha value is -1.25. The van der Waals surface area contributed by atoms with Crippen LogP contribution in [0.25, 0.3) is 0 Å². The number of aliphatic hydroxyl groups is 2. The first-order valence-electron chi connectivity index (χ1n) is 10.6. The maximum absolute atomic E-state index is 12.7. The molecule has 0 heterocycles. The molecule has 0 rings (SSSR count). The fourth-order valence-corrected chi connectivity index (χ4v) is 4.54. The first-order valence-corrected chi connectivity index (χ1v) is 12.6. The number of nitrogens with zero attached hydrogens (tertiary/aromatic N) is 5. The molecule has 0 amide bonds. The van der Waals surface area contributed by atoms with Crippen LogP contribution in [0.15, 0.2) is 15.5 Å². The highest BCUT2D eigenvalue weighted by atomic mass is 31.2. The molecule has 1 unspecified atom stereocenters. The summed E-state index contributed by atoms with van der Waals surface area (Å²) in [6, 6.07) is 0. The first-order chi connectivity index (χ1) is 15.3. The molecule has 0 aliphatic rings. The average molecular weight is 487 g/mol. The lowest BCUT2D eigenvalue weighted by Crippen LogP contribution is -2.55. The van der Waals surface area contributed by atoms with Crippen LogP contribution in [0, 0.1) is 14.7 Å². The maximum atomic E-state index is 12.7. The van der Waals surface area contributed by atoms with Gasteiger partial charge in [-0.25, -0.2) is 0 Å². The van der Waals surface area contributed by atoms with Crippen LogP contribution in [0.4, 0.5) is 0 Å². The SMILES string of the molecule is CP(=O)(OCC[N+](CCN)(CCO)CCO)OCC[N+](CCN=O)(CCN=O)CCN=O. The van der Waals surface area contributed by atoms with Crippen molar-refractivity contribution < 1.29 is 32.8 Å². The molecule has 0 saturated carbocycles. The van der Waals surface area contributed by atoms with Gasteiger partial charge in [-0.3, -0.25) is 4.57 Å². The Labute approximate surface area is 188 Å². The molecule has 14 nitrogen and oxygen atoms in total. The van der Waals surface area contributed by atoms with Gasteiger partial charge in [0.15, 0.2) is 0 Å². The second-order valence-electron chi connectivity index (χ2n) is 7.70. The Morgan fingerprint density at radius 2 is 1.09 bits per heavy atom. The number of quaternary nitrogens is 2. The van der Waals surface area contributed by atoms with Crippen LogP contribution in [-0.4, -0.2) is 131 Å². The normalized spacial score (nSPS) is 14.1. The minimum Gasteiger partial charge on any atom is -0.391 e. The van der Waals surface area contributed by atoms with Crippen molar-refractivity contribution in [2.75, 3.05) is 112 Å². The van der Waals surface area contributed by atoms with Crippen LogP contribution >= 0.6 is 7.60 Å². The van der Waals surface area contributed by atoms with Crippen molar-refractivity contribution in [2.24, 2.45) is 21.3 Å². The number of rotatable bonds is 23. The van der Waals surface area contributed by atoms with Crippen LogP contribution in [0.1, 0.15) is 0 Å². The van der Waals surface area contributed by atoms with Gasteiger partial charge in [0.1, 0.15) is 78.7 Å². The van der Waals surface area contributed by atoms with Crippen LogP contribution in [0.3, 0.4) is 0 Å². The second-order valence-corrected chi connectivity index (χ2v) is 9.76. The van der Waals surface area contributed by atoms with Crippen LogP contribution in [-0.2, 0) is 13.6 Å². The number of nitrogens with two attached hydrogens (primary N) is 1. The Bertz CT molecular complexity index is 537. The van der Waals surface area contributed by atoms with Gasteiger partial charge in [-0.15, -0.1) is 0 Å². The topological polar surface area (TPSA) is 190 Å². The molecule has 0 aromatic rings. The summed E-state index contributed by atoms with van der Waals surface area (Å²) in [5, 5.41) is 27.3. The van der Waals surface area contributed by atoms with Crippen molar-refractivity contribution in [3.8, 4) is 0 Å². The molecule has 0 saturated heterocycles. The maximum Gasteiger partial charge on any atom is 0.328 e. The predicted molar refractivity (Wildman–Crippen MR) is 120 cm³/mol. The molecule has 0 aromatic carbocycles. The minimum atomic E-state index is -3.43. The van der Waals surface area contributed by atoms with E-state index in [1.807, 2.05) is 0 Å². The highest BCUT2D eigenvalue weighted by Gasteiger charge is 2.30. The average Bonchev–Trinajstić information content (AvgIpc) is 2.75. The van der Waals surface area contributed by atoms with E-state index in [-0.39, 0.29) is 76.7 Å². The van der Waals surface area contributed by atoms with Gasteiger partial charge in [-0.2, -0.15) is 14.7 Å². The summed E-state index contributed by atoms with van der Waals surface area (Å²) in [6.07, 6.45) is 0. The van der Waals surface area contributed by atoms with Gasteiger partial charge >= 0.3 is 7.60 Å². The lowest BCUT2D eigenvalue weighted by Gasteiger charge is -2.38. The van der Waals surface area contributed by atoms with Gasteiger partial charge in [-0.1, -0.05) is 15.5 Å². The highest BCUT2D eigenvalue weighted by Crippen LogP contribution is 2.43. The molecule has 0 fully saturated rings. The van der Waals surface area contributed by atoms with E-state index in [1.165, 1.54) is 6.66 Å². The lowest BCUT2D eigenvalue weighted by molar-refractivity contribution is -0.927. The Morgan fingerprint density at radius 3 is 1.41 bits per heavy atom. The Morgan fingerprint density at radius 1 is 0.719 bits per heavy atom. The Kier molecular flexibility index (Phi) is 16.6. The van der Waals surface area contributed by atoms with Crippen molar-refractivity contribution in [1.29, 1.82) is 0 Å². The van der Waals surface area contributed by atoms with Gasteiger partial charge in [0.05, 0.1) is 19.8 Å². The number of nitroso groups, excluding NO2 is 3. The fraction of sp³-hybridized carbons (Fsp3) is 1.00. The molecule has 32 heavy (non-hydrogen) atoms. The van der Waals surface area contributed by atoms with E-state index in [1.54, 1.807) is 0 Å². The first kappa shape index (κ1) is 30.8. The molecule has 15 heteroatoms. The van der Waals surface area contributed by atoms with Crippen molar-refractivity contribution in [3.63, 3.8) is 0 Å². The summed E-state index contributed by atoms with van der Waals surface area (Å²) in [7, 11) is -3.43.